The van der Waals surface area contributed by atoms with Gasteiger partial charge in [-0.25, -0.2) is 0 Å². The number of alkyl halides is 3. The van der Waals surface area contributed by atoms with Gasteiger partial charge in [0, 0.05) is 18.6 Å². The van der Waals surface area contributed by atoms with Crippen LogP contribution in [0.1, 0.15) is 52.4 Å². The average molecular weight is 292 g/mol. The van der Waals surface area contributed by atoms with Crippen molar-refractivity contribution in [3.63, 3.8) is 0 Å². The van der Waals surface area contributed by atoms with Crippen molar-refractivity contribution in [3.05, 3.63) is 0 Å². The Morgan fingerprint density at radius 2 is 1.75 bits per heavy atom. The molecule has 2 aliphatic rings. The summed E-state index contributed by atoms with van der Waals surface area (Å²) < 4.78 is 38.5. The van der Waals surface area contributed by atoms with E-state index in [4.69, 9.17) is 5.73 Å². The summed E-state index contributed by atoms with van der Waals surface area (Å²) in [7, 11) is 0. The number of hydrogen-bond donors (Lipinski definition) is 1. The molecule has 2 nitrogen and oxygen atoms in total. The molecule has 1 saturated carbocycles. The molecule has 2 rings (SSSR count). The van der Waals surface area contributed by atoms with E-state index in [2.05, 4.69) is 18.7 Å². The van der Waals surface area contributed by atoms with Crippen LogP contribution in [-0.4, -0.2) is 36.2 Å². The summed E-state index contributed by atoms with van der Waals surface area (Å²) in [6, 6.07) is 0. The average Bonchev–Trinajstić information content (AvgIpc) is 2.36. The maximum atomic E-state index is 12.8. The third-order valence-electron chi connectivity index (χ3n) is 5.33. The first kappa shape index (κ1) is 16.1. The van der Waals surface area contributed by atoms with Crippen LogP contribution in [-0.2, 0) is 0 Å². The van der Waals surface area contributed by atoms with Crippen LogP contribution in [0.5, 0.6) is 0 Å². The van der Waals surface area contributed by atoms with E-state index in [1.807, 2.05) is 0 Å². The fourth-order valence-electron chi connectivity index (χ4n) is 3.96. The van der Waals surface area contributed by atoms with E-state index < -0.39 is 12.1 Å². The Morgan fingerprint density at radius 1 is 1.15 bits per heavy atom. The molecule has 1 aliphatic carbocycles. The normalized spacial score (nSPS) is 36.0. The van der Waals surface area contributed by atoms with Gasteiger partial charge in [-0.3, -0.25) is 4.90 Å². The highest BCUT2D eigenvalue weighted by atomic mass is 19.4. The van der Waals surface area contributed by atoms with Crippen molar-refractivity contribution in [2.75, 3.05) is 19.6 Å². The number of nitrogens with zero attached hydrogens (tertiary/aromatic N) is 1. The molecule has 0 atom stereocenters. The molecule has 0 aromatic heterocycles. The van der Waals surface area contributed by atoms with E-state index in [1.54, 1.807) is 0 Å². The van der Waals surface area contributed by atoms with Crippen molar-refractivity contribution >= 4 is 0 Å². The lowest BCUT2D eigenvalue weighted by Gasteiger charge is -2.52. The molecule has 2 N–H and O–H groups in total. The van der Waals surface area contributed by atoms with Crippen molar-refractivity contribution in [1.29, 1.82) is 0 Å². The van der Waals surface area contributed by atoms with Crippen LogP contribution in [0.15, 0.2) is 0 Å². The van der Waals surface area contributed by atoms with Gasteiger partial charge >= 0.3 is 6.18 Å². The van der Waals surface area contributed by atoms with E-state index in [0.717, 1.165) is 19.5 Å². The third-order valence-corrected chi connectivity index (χ3v) is 5.33. The fourth-order valence-corrected chi connectivity index (χ4v) is 3.96. The molecule has 20 heavy (non-hydrogen) atoms. The smallest absolute Gasteiger partial charge is 0.329 e. The molecule has 0 unspecified atom stereocenters. The van der Waals surface area contributed by atoms with Crippen LogP contribution < -0.4 is 5.73 Å². The molecule has 0 bridgehead atoms. The molecule has 1 saturated heterocycles. The zero-order valence-corrected chi connectivity index (χ0v) is 12.6. The molecule has 1 aliphatic heterocycles. The topological polar surface area (TPSA) is 29.3 Å². The Hall–Kier alpha value is -0.290. The summed E-state index contributed by atoms with van der Waals surface area (Å²) in [6.45, 7) is 6.90. The molecule has 0 aromatic rings. The molecule has 5 heteroatoms. The summed E-state index contributed by atoms with van der Waals surface area (Å²) >= 11 is 0. The van der Waals surface area contributed by atoms with Crippen LogP contribution >= 0.6 is 0 Å². The van der Waals surface area contributed by atoms with Crippen molar-refractivity contribution in [1.82, 2.24) is 4.90 Å². The summed E-state index contributed by atoms with van der Waals surface area (Å²) in [5, 5.41) is 0. The van der Waals surface area contributed by atoms with Crippen molar-refractivity contribution in [3.8, 4) is 0 Å². The van der Waals surface area contributed by atoms with Crippen LogP contribution in [0, 0.1) is 11.3 Å². The third kappa shape index (κ3) is 3.30. The maximum absolute atomic E-state index is 12.8. The predicted octanol–water partition coefficient (Wildman–Crippen LogP) is 3.56. The van der Waals surface area contributed by atoms with Crippen molar-refractivity contribution < 1.29 is 13.2 Å². The Labute approximate surface area is 119 Å². The highest BCUT2D eigenvalue weighted by Crippen LogP contribution is 2.45. The summed E-state index contributed by atoms with van der Waals surface area (Å²) in [4.78, 5) is 2.39. The SMILES string of the molecule is CC1(C)CCCN(C2(CN)CCC(C(F)(F)F)CC2)C1. The summed E-state index contributed by atoms with van der Waals surface area (Å²) in [5.41, 5.74) is 6.05. The maximum Gasteiger partial charge on any atom is 0.391 e. The predicted molar refractivity (Wildman–Crippen MR) is 74.4 cm³/mol. The minimum absolute atomic E-state index is 0.195. The Kier molecular flexibility index (Phi) is 4.41. The number of hydrogen-bond acceptors (Lipinski definition) is 2. The van der Waals surface area contributed by atoms with Gasteiger partial charge in [-0.15, -0.1) is 0 Å². The van der Waals surface area contributed by atoms with Gasteiger partial charge in [0.1, 0.15) is 0 Å². The van der Waals surface area contributed by atoms with Gasteiger partial charge in [0.15, 0.2) is 0 Å². The summed E-state index contributed by atoms with van der Waals surface area (Å²) in [5.74, 6) is -1.13. The van der Waals surface area contributed by atoms with Gasteiger partial charge in [-0.2, -0.15) is 13.2 Å². The quantitative estimate of drug-likeness (QED) is 0.843. The fraction of sp³-hybridized carbons (Fsp3) is 1.00. The minimum atomic E-state index is -4.04. The van der Waals surface area contributed by atoms with Gasteiger partial charge in [-0.1, -0.05) is 13.8 Å². The second kappa shape index (κ2) is 5.48. The number of likely N-dealkylation sites (tertiary alicyclic amines) is 1. The lowest BCUT2D eigenvalue weighted by molar-refractivity contribution is -0.189. The second-order valence-corrected chi connectivity index (χ2v) is 7.43. The standard InChI is InChI=1S/C15H27F3N2/c1-13(2)6-3-9-20(11-13)14(10-19)7-4-12(5-8-14)15(16,17)18/h12H,3-11,19H2,1-2H3. The first-order valence-electron chi connectivity index (χ1n) is 7.70. The molecule has 0 spiro atoms. The summed E-state index contributed by atoms with van der Waals surface area (Å²) in [6.07, 6.45) is -0.0858. The van der Waals surface area contributed by atoms with Crippen LogP contribution in [0.2, 0.25) is 0 Å². The van der Waals surface area contributed by atoms with E-state index in [9.17, 15) is 13.2 Å². The van der Waals surface area contributed by atoms with Crippen molar-refractivity contribution in [2.45, 2.75) is 64.1 Å². The van der Waals surface area contributed by atoms with Gasteiger partial charge in [0.25, 0.3) is 0 Å². The molecule has 0 amide bonds. The van der Waals surface area contributed by atoms with E-state index in [0.29, 0.717) is 19.4 Å². The van der Waals surface area contributed by atoms with Crippen LogP contribution in [0.4, 0.5) is 13.2 Å². The molecule has 0 radical (unpaired) electrons. The Morgan fingerprint density at radius 3 is 2.20 bits per heavy atom. The number of halogens is 3. The van der Waals surface area contributed by atoms with Crippen LogP contribution in [0.3, 0.4) is 0 Å². The van der Waals surface area contributed by atoms with Gasteiger partial charge in [0.2, 0.25) is 0 Å². The van der Waals surface area contributed by atoms with E-state index in [-0.39, 0.29) is 23.8 Å². The Balaban J connectivity index is 2.05. The van der Waals surface area contributed by atoms with Crippen molar-refractivity contribution in [2.24, 2.45) is 17.1 Å². The monoisotopic (exact) mass is 292 g/mol. The molecule has 118 valence electrons. The molecule has 0 aromatic carbocycles. The second-order valence-electron chi connectivity index (χ2n) is 7.43. The van der Waals surface area contributed by atoms with E-state index >= 15 is 0 Å². The Bertz CT molecular complexity index is 331. The molecular formula is C15H27F3N2. The molecule has 1 heterocycles. The zero-order valence-electron chi connectivity index (χ0n) is 12.6. The van der Waals surface area contributed by atoms with Gasteiger partial charge < -0.3 is 5.73 Å². The lowest BCUT2D eigenvalue weighted by atomic mass is 9.72. The zero-order chi connectivity index (χ0) is 15.0. The van der Waals surface area contributed by atoms with Crippen LogP contribution in [0.25, 0.3) is 0 Å². The highest BCUT2D eigenvalue weighted by Gasteiger charge is 2.48. The molecular weight excluding hydrogens is 265 g/mol. The minimum Gasteiger partial charge on any atom is -0.329 e. The molecule has 2 fully saturated rings. The largest absolute Gasteiger partial charge is 0.391 e. The first-order valence-corrected chi connectivity index (χ1v) is 7.70. The number of nitrogens with two attached hydrogens (primary N) is 1. The van der Waals surface area contributed by atoms with Gasteiger partial charge in [0.05, 0.1) is 5.92 Å². The lowest BCUT2D eigenvalue weighted by Crippen LogP contribution is -2.60. The number of piperidine rings is 1. The highest BCUT2D eigenvalue weighted by molar-refractivity contribution is 4.99. The van der Waals surface area contributed by atoms with Gasteiger partial charge in [-0.05, 0) is 50.5 Å². The van der Waals surface area contributed by atoms with E-state index in [1.165, 1.54) is 6.42 Å². The number of rotatable bonds is 2. The first-order chi connectivity index (χ1) is 9.19.